The Hall–Kier alpha value is -2.10. The summed E-state index contributed by atoms with van der Waals surface area (Å²) in [6.45, 7) is 6.15. The predicted molar refractivity (Wildman–Crippen MR) is 136 cm³/mol. The van der Waals surface area contributed by atoms with Gasteiger partial charge in [-0.25, -0.2) is 0 Å². The number of rotatable bonds is 8. The van der Waals surface area contributed by atoms with Crippen LogP contribution in [0.25, 0.3) is 11.0 Å². The number of fused-ring (bicyclic) bond motifs is 1. The summed E-state index contributed by atoms with van der Waals surface area (Å²) in [5, 5.41) is 18.0. The second-order valence-corrected chi connectivity index (χ2v) is 10.8. The molecule has 1 aliphatic heterocycles. The van der Waals surface area contributed by atoms with Crippen molar-refractivity contribution in [3.63, 3.8) is 0 Å². The summed E-state index contributed by atoms with van der Waals surface area (Å²) in [4.78, 5) is 2.54. The molecule has 0 atom stereocenters. The lowest BCUT2D eigenvalue weighted by atomic mass is 9.85. The number of nitrogens with zero attached hydrogens (tertiary/aromatic N) is 3. The molecular formula is C28H42N4O2. The van der Waals surface area contributed by atoms with Gasteiger partial charge in [-0.2, -0.15) is 5.26 Å². The molecule has 3 fully saturated rings. The van der Waals surface area contributed by atoms with Crippen LogP contribution in [0, 0.1) is 35.5 Å². The molecule has 0 radical (unpaired) electrons. The normalized spacial score (nSPS) is 20.6. The predicted octanol–water partition coefficient (Wildman–Crippen LogP) is 5.49. The second-order valence-electron chi connectivity index (χ2n) is 10.8. The number of aromatic nitrogens is 1. The number of ether oxygens (including phenoxy) is 1. The first-order valence-electron chi connectivity index (χ1n) is 13.3. The van der Waals surface area contributed by atoms with Crippen LogP contribution in [0.5, 0.6) is 5.75 Å². The molecule has 2 heterocycles. The fourth-order valence-electron chi connectivity index (χ4n) is 5.56. The lowest BCUT2D eigenvalue weighted by Gasteiger charge is -2.36. The summed E-state index contributed by atoms with van der Waals surface area (Å²) >= 11 is 0. The first kappa shape index (κ1) is 25.0. The summed E-state index contributed by atoms with van der Waals surface area (Å²) in [5.74, 6) is 2.43. The number of likely N-dealkylation sites (tertiary alicyclic amines) is 1. The van der Waals surface area contributed by atoms with Crippen LogP contribution in [0.2, 0.25) is 0 Å². The van der Waals surface area contributed by atoms with Gasteiger partial charge in [0.15, 0.2) is 5.58 Å². The van der Waals surface area contributed by atoms with E-state index in [2.05, 4.69) is 40.5 Å². The zero-order valence-corrected chi connectivity index (χ0v) is 21.4. The molecule has 6 nitrogen and oxygen atoms in total. The van der Waals surface area contributed by atoms with Crippen molar-refractivity contribution >= 4 is 11.0 Å². The van der Waals surface area contributed by atoms with Crippen molar-refractivity contribution in [3.05, 3.63) is 23.4 Å². The Labute approximate surface area is 205 Å². The zero-order chi connectivity index (χ0) is 24.0. The molecule has 3 aliphatic rings. The van der Waals surface area contributed by atoms with Crippen LogP contribution in [0.4, 0.5) is 0 Å². The van der Waals surface area contributed by atoms with Crippen molar-refractivity contribution in [2.75, 3.05) is 40.3 Å². The quantitative estimate of drug-likeness (QED) is 0.554. The van der Waals surface area contributed by atoms with Crippen molar-refractivity contribution in [1.82, 2.24) is 15.4 Å². The van der Waals surface area contributed by atoms with Gasteiger partial charge in [0.05, 0.1) is 23.8 Å². The Kier molecular flexibility index (Phi) is 8.50. The minimum absolute atomic E-state index is 0.0639. The molecule has 6 heteroatoms. The van der Waals surface area contributed by atoms with Gasteiger partial charge < -0.3 is 19.5 Å². The van der Waals surface area contributed by atoms with E-state index < -0.39 is 0 Å². The smallest absolute Gasteiger partial charge is 0.173 e. The van der Waals surface area contributed by atoms with Crippen LogP contribution >= 0.6 is 0 Å². The molecule has 2 aromatic rings. The van der Waals surface area contributed by atoms with E-state index in [-0.39, 0.29) is 5.41 Å². The molecular weight excluding hydrogens is 424 g/mol. The number of nitrogens with one attached hydrogen (secondary N) is 1. The Morgan fingerprint density at radius 3 is 2.50 bits per heavy atom. The van der Waals surface area contributed by atoms with Crippen molar-refractivity contribution in [2.24, 2.45) is 17.3 Å². The third kappa shape index (κ3) is 6.12. The summed E-state index contributed by atoms with van der Waals surface area (Å²) in [5.41, 5.74) is 2.98. The molecule has 0 amide bonds. The molecule has 2 saturated carbocycles. The average Bonchev–Trinajstić information content (AvgIpc) is 3.40. The first-order valence-corrected chi connectivity index (χ1v) is 13.3. The van der Waals surface area contributed by atoms with Gasteiger partial charge >= 0.3 is 0 Å². The Morgan fingerprint density at radius 1 is 1.15 bits per heavy atom. The van der Waals surface area contributed by atoms with Crippen LogP contribution in [0.3, 0.4) is 0 Å². The van der Waals surface area contributed by atoms with Crippen molar-refractivity contribution in [2.45, 2.75) is 71.1 Å². The summed E-state index contributed by atoms with van der Waals surface area (Å²) < 4.78 is 11.7. The Bertz CT molecular complexity index is 961. The van der Waals surface area contributed by atoms with Gasteiger partial charge in [-0.15, -0.1) is 0 Å². The van der Waals surface area contributed by atoms with Crippen LogP contribution in [-0.2, 0) is 6.42 Å². The number of hydrogen-bond acceptors (Lipinski definition) is 6. The van der Waals surface area contributed by atoms with E-state index in [0.29, 0.717) is 0 Å². The van der Waals surface area contributed by atoms with E-state index in [1.165, 1.54) is 38.5 Å². The highest BCUT2D eigenvalue weighted by Crippen LogP contribution is 2.39. The third-order valence-electron chi connectivity index (χ3n) is 7.91. The van der Waals surface area contributed by atoms with E-state index in [9.17, 15) is 5.26 Å². The zero-order valence-electron chi connectivity index (χ0n) is 21.4. The average molecular weight is 467 g/mol. The molecule has 1 N–H and O–H groups in total. The van der Waals surface area contributed by atoms with Gasteiger partial charge in [0.2, 0.25) is 0 Å². The summed E-state index contributed by atoms with van der Waals surface area (Å²) in [6.07, 6.45) is 11.8. The third-order valence-corrected chi connectivity index (χ3v) is 7.91. The van der Waals surface area contributed by atoms with Crippen LogP contribution < -0.4 is 10.1 Å². The first-order chi connectivity index (χ1) is 16.6. The van der Waals surface area contributed by atoms with Gasteiger partial charge in [-0.05, 0) is 109 Å². The minimum atomic E-state index is -0.0639. The lowest BCUT2D eigenvalue weighted by Crippen LogP contribution is -2.40. The standard InChI is InChI=1S/C26H35N3O2.C2H7N/c1-19-24(30-16-21-4-5-21)9-7-22-23(28-31-25(19)22)8-6-20-10-14-29(15-11-20)18-26(17-27)12-2-3-13-26;1-3-2/h7,9,20-21H,2-6,8,10-16,18H2,1H3;3H,1-2H3. The highest BCUT2D eigenvalue weighted by atomic mass is 16.5. The molecule has 186 valence electrons. The van der Waals surface area contributed by atoms with Gasteiger partial charge in [0, 0.05) is 17.5 Å². The Balaban J connectivity index is 0.000000868. The largest absolute Gasteiger partial charge is 0.493 e. The second kappa shape index (κ2) is 11.6. The number of nitriles is 1. The summed E-state index contributed by atoms with van der Waals surface area (Å²) in [7, 11) is 3.75. The minimum Gasteiger partial charge on any atom is -0.493 e. The molecule has 0 unspecified atom stereocenters. The van der Waals surface area contributed by atoms with Crippen molar-refractivity contribution in [3.8, 4) is 11.8 Å². The fourth-order valence-corrected chi connectivity index (χ4v) is 5.56. The van der Waals surface area contributed by atoms with E-state index in [1.54, 1.807) is 0 Å². The number of piperidine rings is 1. The van der Waals surface area contributed by atoms with Gasteiger partial charge in [0.25, 0.3) is 0 Å². The maximum atomic E-state index is 9.67. The van der Waals surface area contributed by atoms with Gasteiger partial charge in [0.1, 0.15) is 5.75 Å². The summed E-state index contributed by atoms with van der Waals surface area (Å²) in [6, 6.07) is 6.87. The fraction of sp³-hybridized carbons (Fsp3) is 0.714. The van der Waals surface area contributed by atoms with E-state index in [4.69, 9.17) is 9.26 Å². The number of benzene rings is 1. The number of hydrogen-bond donors (Lipinski definition) is 1. The SMILES string of the molecule is CNC.Cc1c(OCC2CC2)ccc2c(CCC3CCN(CC4(C#N)CCCC4)CC3)noc12. The monoisotopic (exact) mass is 466 g/mol. The van der Waals surface area contributed by atoms with Crippen LogP contribution in [0.1, 0.15) is 69.0 Å². The van der Waals surface area contributed by atoms with Crippen molar-refractivity contribution < 1.29 is 9.26 Å². The molecule has 0 spiro atoms. The van der Waals surface area contributed by atoms with Crippen LogP contribution in [0.15, 0.2) is 16.7 Å². The Morgan fingerprint density at radius 2 is 1.85 bits per heavy atom. The molecule has 5 rings (SSSR count). The maximum absolute atomic E-state index is 9.67. The van der Waals surface area contributed by atoms with E-state index in [0.717, 1.165) is 91.7 Å². The van der Waals surface area contributed by atoms with Gasteiger partial charge in [-0.3, -0.25) is 0 Å². The lowest BCUT2D eigenvalue weighted by molar-refractivity contribution is 0.135. The van der Waals surface area contributed by atoms with Crippen molar-refractivity contribution in [1.29, 1.82) is 5.26 Å². The topological polar surface area (TPSA) is 74.3 Å². The van der Waals surface area contributed by atoms with Gasteiger partial charge in [-0.1, -0.05) is 18.0 Å². The molecule has 0 bridgehead atoms. The molecule has 1 saturated heterocycles. The number of aryl methyl sites for hydroxylation is 2. The molecule has 34 heavy (non-hydrogen) atoms. The highest BCUT2D eigenvalue weighted by molar-refractivity contribution is 5.84. The van der Waals surface area contributed by atoms with E-state index in [1.807, 2.05) is 14.1 Å². The van der Waals surface area contributed by atoms with E-state index >= 15 is 0 Å². The molecule has 1 aromatic heterocycles. The molecule has 2 aliphatic carbocycles. The molecule has 1 aromatic carbocycles. The maximum Gasteiger partial charge on any atom is 0.173 e. The highest BCUT2D eigenvalue weighted by Gasteiger charge is 2.36. The van der Waals surface area contributed by atoms with Crippen LogP contribution in [-0.4, -0.2) is 50.4 Å².